The zero-order valence-electron chi connectivity index (χ0n) is 12.6. The Labute approximate surface area is 120 Å². The van der Waals surface area contributed by atoms with Gasteiger partial charge >= 0.3 is 0 Å². The van der Waals surface area contributed by atoms with Crippen LogP contribution in [-0.4, -0.2) is 33.9 Å². The maximum Gasteiger partial charge on any atom is 0.274 e. The maximum atomic E-state index is 12.6. The predicted octanol–water partition coefficient (Wildman–Crippen LogP) is 2.44. The summed E-state index contributed by atoms with van der Waals surface area (Å²) in [7, 11) is 0. The van der Waals surface area contributed by atoms with Crippen LogP contribution < -0.4 is 5.73 Å². The molecule has 1 aromatic heterocycles. The number of nitrogens with two attached hydrogens (primary N) is 1. The SMILES string of the molecule is CCCN(CC1CC1)C(=O)c1nc(C(C)C)ncc1N. The molecule has 0 aromatic carbocycles. The lowest BCUT2D eigenvalue weighted by Gasteiger charge is -2.22. The number of nitrogen functional groups attached to an aromatic ring is 1. The summed E-state index contributed by atoms with van der Waals surface area (Å²) in [5.41, 5.74) is 6.63. The van der Waals surface area contributed by atoms with Crippen LogP contribution in [-0.2, 0) is 0 Å². The van der Waals surface area contributed by atoms with Crippen molar-refractivity contribution in [1.29, 1.82) is 0 Å². The van der Waals surface area contributed by atoms with E-state index < -0.39 is 0 Å². The van der Waals surface area contributed by atoms with Crippen molar-refractivity contribution < 1.29 is 4.79 Å². The van der Waals surface area contributed by atoms with Crippen molar-refractivity contribution in [2.75, 3.05) is 18.8 Å². The van der Waals surface area contributed by atoms with Crippen molar-refractivity contribution in [3.8, 4) is 0 Å². The van der Waals surface area contributed by atoms with Gasteiger partial charge < -0.3 is 10.6 Å². The molecule has 110 valence electrons. The molecule has 1 aromatic rings. The summed E-state index contributed by atoms with van der Waals surface area (Å²) in [5.74, 6) is 1.47. The van der Waals surface area contributed by atoms with Crippen LogP contribution in [0, 0.1) is 5.92 Å². The number of carbonyl (C=O) groups is 1. The first-order chi connectivity index (χ1) is 9.52. The molecule has 0 unspecified atom stereocenters. The Bertz CT molecular complexity index is 483. The van der Waals surface area contributed by atoms with E-state index in [4.69, 9.17) is 5.73 Å². The van der Waals surface area contributed by atoms with Gasteiger partial charge in [0.2, 0.25) is 0 Å². The van der Waals surface area contributed by atoms with E-state index in [1.54, 1.807) is 6.20 Å². The molecule has 0 spiro atoms. The zero-order chi connectivity index (χ0) is 14.7. The van der Waals surface area contributed by atoms with Gasteiger partial charge in [0, 0.05) is 19.0 Å². The molecule has 5 heteroatoms. The van der Waals surface area contributed by atoms with E-state index in [-0.39, 0.29) is 11.8 Å². The number of aromatic nitrogens is 2. The van der Waals surface area contributed by atoms with Gasteiger partial charge in [-0.3, -0.25) is 4.79 Å². The summed E-state index contributed by atoms with van der Waals surface area (Å²) in [6.07, 6.45) is 4.95. The summed E-state index contributed by atoms with van der Waals surface area (Å²) in [6.45, 7) is 7.68. The molecule has 1 saturated carbocycles. The van der Waals surface area contributed by atoms with E-state index >= 15 is 0 Å². The third-order valence-electron chi connectivity index (χ3n) is 3.51. The molecule has 0 atom stereocenters. The molecule has 0 bridgehead atoms. The molecule has 1 heterocycles. The summed E-state index contributed by atoms with van der Waals surface area (Å²) in [6, 6.07) is 0. The van der Waals surface area contributed by atoms with Gasteiger partial charge in [-0.1, -0.05) is 20.8 Å². The molecule has 2 N–H and O–H groups in total. The molecule has 0 aliphatic heterocycles. The molecule has 1 fully saturated rings. The maximum absolute atomic E-state index is 12.6. The van der Waals surface area contributed by atoms with Gasteiger partial charge in [0.05, 0.1) is 11.9 Å². The molecular weight excluding hydrogens is 252 g/mol. The number of amides is 1. The highest BCUT2D eigenvalue weighted by atomic mass is 16.2. The molecular formula is C15H24N4O. The van der Waals surface area contributed by atoms with Gasteiger partial charge in [-0.2, -0.15) is 0 Å². The van der Waals surface area contributed by atoms with E-state index in [1.165, 1.54) is 12.8 Å². The standard InChI is InChI=1S/C15H24N4O/c1-4-7-19(9-11-5-6-11)15(20)13-12(16)8-17-14(18-13)10(2)3/h8,10-11H,4-7,9,16H2,1-3H3. The van der Waals surface area contributed by atoms with Crippen molar-refractivity contribution in [3.63, 3.8) is 0 Å². The minimum atomic E-state index is -0.0550. The second-order valence-corrected chi connectivity index (χ2v) is 5.88. The fourth-order valence-electron chi connectivity index (χ4n) is 2.16. The lowest BCUT2D eigenvalue weighted by molar-refractivity contribution is 0.0742. The van der Waals surface area contributed by atoms with Crippen LogP contribution in [0.5, 0.6) is 0 Å². The first-order valence-electron chi connectivity index (χ1n) is 7.44. The van der Waals surface area contributed by atoms with Crippen LogP contribution in [0.4, 0.5) is 5.69 Å². The van der Waals surface area contributed by atoms with Gasteiger partial charge in [-0.15, -0.1) is 0 Å². The van der Waals surface area contributed by atoms with Gasteiger partial charge in [0.1, 0.15) is 5.82 Å². The second kappa shape index (κ2) is 6.20. The minimum Gasteiger partial charge on any atom is -0.396 e. The summed E-state index contributed by atoms with van der Waals surface area (Å²) >= 11 is 0. The topological polar surface area (TPSA) is 72.1 Å². The second-order valence-electron chi connectivity index (χ2n) is 5.88. The van der Waals surface area contributed by atoms with E-state index in [2.05, 4.69) is 16.9 Å². The largest absolute Gasteiger partial charge is 0.396 e. The minimum absolute atomic E-state index is 0.0550. The Morgan fingerprint density at radius 2 is 2.20 bits per heavy atom. The van der Waals surface area contributed by atoms with Crippen LogP contribution in [0.15, 0.2) is 6.20 Å². The van der Waals surface area contributed by atoms with Crippen molar-refractivity contribution in [2.45, 2.75) is 46.0 Å². The highest BCUT2D eigenvalue weighted by Crippen LogP contribution is 2.30. The molecule has 1 aliphatic carbocycles. The Morgan fingerprint density at radius 3 is 2.75 bits per heavy atom. The third-order valence-corrected chi connectivity index (χ3v) is 3.51. The highest BCUT2D eigenvalue weighted by Gasteiger charge is 2.28. The fourth-order valence-corrected chi connectivity index (χ4v) is 2.16. The van der Waals surface area contributed by atoms with E-state index in [1.807, 2.05) is 18.7 Å². The highest BCUT2D eigenvalue weighted by molar-refractivity contribution is 5.97. The van der Waals surface area contributed by atoms with Crippen molar-refractivity contribution in [2.24, 2.45) is 5.92 Å². The van der Waals surface area contributed by atoms with E-state index in [0.717, 1.165) is 19.5 Å². The predicted molar refractivity (Wildman–Crippen MR) is 79.5 cm³/mol. The Balaban J connectivity index is 2.22. The van der Waals surface area contributed by atoms with Crippen LogP contribution in [0.3, 0.4) is 0 Å². The van der Waals surface area contributed by atoms with Crippen molar-refractivity contribution >= 4 is 11.6 Å². The Kier molecular flexibility index (Phi) is 4.57. The van der Waals surface area contributed by atoms with Gasteiger partial charge in [0.15, 0.2) is 5.69 Å². The average Bonchev–Trinajstić information content (AvgIpc) is 3.21. The summed E-state index contributed by atoms with van der Waals surface area (Å²) in [5, 5.41) is 0. The number of carbonyl (C=O) groups excluding carboxylic acids is 1. The third kappa shape index (κ3) is 3.46. The average molecular weight is 276 g/mol. The quantitative estimate of drug-likeness (QED) is 0.866. The molecule has 1 aliphatic rings. The summed E-state index contributed by atoms with van der Waals surface area (Å²) < 4.78 is 0. The number of hydrogen-bond acceptors (Lipinski definition) is 4. The Morgan fingerprint density at radius 1 is 1.50 bits per heavy atom. The first kappa shape index (κ1) is 14.8. The molecule has 0 saturated heterocycles. The van der Waals surface area contributed by atoms with Gasteiger partial charge in [0.25, 0.3) is 5.91 Å². The summed E-state index contributed by atoms with van der Waals surface area (Å²) in [4.78, 5) is 23.1. The van der Waals surface area contributed by atoms with Gasteiger partial charge in [-0.05, 0) is 25.2 Å². The van der Waals surface area contributed by atoms with Crippen LogP contribution >= 0.6 is 0 Å². The molecule has 20 heavy (non-hydrogen) atoms. The smallest absolute Gasteiger partial charge is 0.274 e. The lowest BCUT2D eigenvalue weighted by Crippen LogP contribution is -2.35. The normalized spacial score (nSPS) is 14.6. The van der Waals surface area contributed by atoms with E-state index in [9.17, 15) is 4.79 Å². The van der Waals surface area contributed by atoms with E-state index in [0.29, 0.717) is 23.1 Å². The number of nitrogens with zero attached hydrogens (tertiary/aromatic N) is 3. The van der Waals surface area contributed by atoms with Crippen LogP contribution in [0.2, 0.25) is 0 Å². The molecule has 0 radical (unpaired) electrons. The molecule has 1 amide bonds. The molecule has 2 rings (SSSR count). The Hall–Kier alpha value is -1.65. The van der Waals surface area contributed by atoms with Crippen LogP contribution in [0.25, 0.3) is 0 Å². The molecule has 5 nitrogen and oxygen atoms in total. The van der Waals surface area contributed by atoms with Crippen molar-refractivity contribution in [3.05, 3.63) is 17.7 Å². The monoisotopic (exact) mass is 276 g/mol. The van der Waals surface area contributed by atoms with Gasteiger partial charge in [-0.25, -0.2) is 9.97 Å². The lowest BCUT2D eigenvalue weighted by atomic mass is 10.2. The fraction of sp³-hybridized carbons (Fsp3) is 0.667. The zero-order valence-corrected chi connectivity index (χ0v) is 12.6. The van der Waals surface area contributed by atoms with Crippen LogP contribution in [0.1, 0.15) is 62.3 Å². The number of hydrogen-bond donors (Lipinski definition) is 1. The number of anilines is 1. The first-order valence-corrected chi connectivity index (χ1v) is 7.44. The number of rotatable bonds is 6. The van der Waals surface area contributed by atoms with Crippen molar-refractivity contribution in [1.82, 2.24) is 14.9 Å².